The van der Waals surface area contributed by atoms with E-state index in [-0.39, 0.29) is 298 Å². The molecule has 0 aliphatic heterocycles. The first-order chi connectivity index (χ1) is 60.4. The van der Waals surface area contributed by atoms with Crippen LogP contribution in [0.4, 0.5) is 19.2 Å². The number of nitrogens with one attached hydrogen (secondary N) is 8. The maximum Gasteiger partial charge on any atom is 0.407 e. The minimum absolute atomic E-state index is 0.00281. The van der Waals surface area contributed by atoms with Crippen LogP contribution in [-0.2, 0) is 82.8 Å². The van der Waals surface area contributed by atoms with Crippen molar-refractivity contribution in [3.63, 3.8) is 0 Å². The molecule has 0 saturated carbocycles. The Morgan fingerprint density at radius 1 is 0.281 bits per heavy atom. The van der Waals surface area contributed by atoms with Crippen LogP contribution >= 0.6 is 0 Å². The number of carbonyl (C=O) groups excluding carboxylic acids is 8. The summed E-state index contributed by atoms with van der Waals surface area (Å²) >= 11 is 0. The Bertz CT molecular complexity index is 3720. The third-order valence-electron chi connectivity index (χ3n) is 19.0. The molecular weight excluding hydrogens is 1670 g/mol. The van der Waals surface area contributed by atoms with Gasteiger partial charge >= 0.3 is 48.3 Å². The molecule has 0 radical (unpaired) electrons. The average molecular weight is 1800 g/mol. The zero-order chi connectivity index (χ0) is 94.9. The van der Waals surface area contributed by atoms with E-state index in [2.05, 4.69) is 42.5 Å². The molecule has 5 rings (SSSR count). The first-order valence-corrected chi connectivity index (χ1v) is 43.9. The Hall–Kier alpha value is -11.2. The first-order valence-electron chi connectivity index (χ1n) is 43.9. The zero-order valence-corrected chi connectivity index (χ0v) is 77.1. The molecule has 128 heavy (non-hydrogen) atoms. The van der Waals surface area contributed by atoms with E-state index in [0.29, 0.717) is 0 Å². The molecule has 8 bridgehead atoms. The molecule has 712 valence electrons. The van der Waals surface area contributed by atoms with Crippen molar-refractivity contribution < 1.29 is 135 Å². The minimum atomic E-state index is -1.52. The molecule has 0 heterocycles. The number of alkyl carbamates (subject to hydrolysis) is 4. The van der Waals surface area contributed by atoms with Gasteiger partial charge in [0.15, 0.2) is 0 Å². The van der Waals surface area contributed by atoms with Crippen LogP contribution in [0.1, 0.15) is 274 Å². The van der Waals surface area contributed by atoms with Gasteiger partial charge in [-0.05, 0) is 281 Å². The Kier molecular flexibility index (Phi) is 44.9. The van der Waals surface area contributed by atoms with Gasteiger partial charge in [-0.15, -0.1) is 0 Å². The maximum absolute atomic E-state index is 15.5. The lowest BCUT2D eigenvalue weighted by Crippen LogP contribution is -2.41. The monoisotopic (exact) mass is 1800 g/mol. The normalized spacial score (nSPS) is 13.0. The van der Waals surface area contributed by atoms with Gasteiger partial charge in [-0.25, -0.2) is 38.4 Å². The summed E-state index contributed by atoms with van der Waals surface area (Å²) in [5.74, 6) is -8.80. The molecule has 0 fully saturated rings. The molecule has 1 aliphatic rings. The van der Waals surface area contributed by atoms with Crippen molar-refractivity contribution in [2.24, 2.45) is 0 Å². The number of hydrogen-bond acceptors (Lipinski definition) is 24. The molecule has 4 atom stereocenters. The topological polar surface area (TPSA) is 493 Å². The summed E-state index contributed by atoms with van der Waals surface area (Å²) < 4.78 is 72.5. The summed E-state index contributed by atoms with van der Waals surface area (Å²) in [4.78, 5) is 166. The molecule has 12 N–H and O–H groups in total. The highest BCUT2D eigenvalue weighted by atomic mass is 16.6. The van der Waals surface area contributed by atoms with Crippen LogP contribution in [0, 0.1) is 0 Å². The highest BCUT2D eigenvalue weighted by molar-refractivity contribution is 6.00. The van der Waals surface area contributed by atoms with Gasteiger partial charge in [0.2, 0.25) is 0 Å². The first kappa shape index (κ1) is 107. The summed E-state index contributed by atoms with van der Waals surface area (Å²) in [6, 6.07) is 5.64. The van der Waals surface area contributed by atoms with E-state index < -0.39 is 118 Å². The summed E-state index contributed by atoms with van der Waals surface area (Å²) in [5.41, 5.74) is -2.27. The predicted octanol–water partition coefficient (Wildman–Crippen LogP) is 11.5. The number of aliphatic carboxylic acids is 4. The van der Waals surface area contributed by atoms with Crippen molar-refractivity contribution >= 4 is 71.9 Å². The lowest BCUT2D eigenvalue weighted by atomic mass is 9.88. The number of unbranched alkanes of at least 4 members (excludes halogenated alkanes) is 4. The molecule has 1 aliphatic carbocycles. The average Bonchev–Trinajstić information content (AvgIpc) is 0.760. The largest absolute Gasteiger partial charge is 0.491 e. The molecule has 36 heteroatoms. The number of fused-ring (bicyclic) bond motifs is 8. The van der Waals surface area contributed by atoms with E-state index in [9.17, 15) is 58.8 Å². The second-order valence-corrected chi connectivity index (χ2v) is 34.5. The van der Waals surface area contributed by atoms with Crippen molar-refractivity contribution in [3.05, 3.63) is 115 Å². The predicted molar refractivity (Wildman–Crippen MR) is 473 cm³/mol. The molecule has 8 amide bonds. The molecule has 4 aromatic carbocycles. The van der Waals surface area contributed by atoms with Gasteiger partial charge in [-0.1, -0.05) is 0 Å². The SMILES string of the molecule is CCOCCOc1c2cc(C(=O)NC(CCCCNC(=O)OC(C)(C)C)C(=O)O)cc1Cc1cc(C(=O)NC(CCCCNC(=O)OC(C)(C)C)C(=O)O)cc(c1OCCOCC)Cc1cc(C(=O)NC(CCCCNC(=O)OC(C)(C)C)C(=O)O)cc(c1OCCOCC)Cc1cc(C(=O)NC(CCCCNC(=O)OC(C)(C)C)C(=O)O)cc(c1OCCOCC)C2. The molecule has 36 nitrogen and oxygen atoms in total. The number of carboxylic acids is 4. The van der Waals surface area contributed by atoms with Gasteiger partial charge in [0.1, 0.15) is 96.0 Å². The Labute approximate surface area is 749 Å². The van der Waals surface area contributed by atoms with E-state index in [1.807, 2.05) is 0 Å². The number of carbonyl (C=O) groups is 12. The van der Waals surface area contributed by atoms with Gasteiger partial charge < -0.3 is 120 Å². The standard InChI is InChI=1S/C92H136N8O28/c1-17-117-37-41-121-73-57-45-59-51-66(78(102)98-70(82(107)108)30-22-26-34-94-86(114)126-90(8,9)10)53-61(74(59)122-42-38-118-18-2)47-63-55-68(80(104)100-72(84(111)112)32-24-28-36-96-88(116)128-92(14,15)16)56-64(76(63)124-44-40-120-20-4)48-62-54-67(79(103)99-71(83(109)110)31-23-27-35-95-87(115)127-91(11,12)13)52-60(75(62)123-43-39-119-19-3)46-58(73)50-65(49-57)77(101)97-69(81(105)106)29-21-25-33-93-85(113)125-89(5,6)7/h49-56,69-72H,17-48H2,1-16H3,(H,93,113)(H,94,114)(H,95,115)(H,96,116)(H,97,101)(H,98,102)(H,99,103)(H,100,104)(H,105,106)(H,107,108)(H,109,110)(H,111,112). The molecule has 0 spiro atoms. The zero-order valence-electron chi connectivity index (χ0n) is 77.1. The quantitative estimate of drug-likeness (QED) is 0.0127. The van der Waals surface area contributed by atoms with Crippen molar-refractivity contribution in [1.82, 2.24) is 42.5 Å². The third-order valence-corrected chi connectivity index (χ3v) is 19.0. The third kappa shape index (κ3) is 40.0. The van der Waals surface area contributed by atoms with Crippen LogP contribution < -0.4 is 61.5 Å². The van der Waals surface area contributed by atoms with Crippen LogP contribution in [0.2, 0.25) is 0 Å². The Balaban J connectivity index is 2.00. The number of carboxylic acid groups (broad SMARTS) is 4. The lowest BCUT2D eigenvalue weighted by molar-refractivity contribution is -0.140. The summed E-state index contributed by atoms with van der Waals surface area (Å²) in [5, 5.41) is 64.8. The number of ether oxygens (including phenoxy) is 12. The number of hydrogen-bond donors (Lipinski definition) is 12. The van der Waals surface area contributed by atoms with Crippen molar-refractivity contribution in [2.45, 2.75) is 260 Å². The maximum atomic E-state index is 15.5. The van der Waals surface area contributed by atoms with E-state index in [0.717, 1.165) is 0 Å². The summed E-state index contributed by atoms with van der Waals surface area (Å²) in [6.45, 7) is 28.4. The fourth-order valence-corrected chi connectivity index (χ4v) is 13.5. The van der Waals surface area contributed by atoms with Gasteiger partial charge in [0.25, 0.3) is 23.6 Å². The highest BCUT2D eigenvalue weighted by Gasteiger charge is 2.33. The Morgan fingerprint density at radius 2 is 0.453 bits per heavy atom. The molecule has 4 unspecified atom stereocenters. The van der Waals surface area contributed by atoms with E-state index in [4.69, 9.17) is 56.8 Å². The van der Waals surface area contributed by atoms with Crippen LogP contribution in [0.5, 0.6) is 23.0 Å². The number of amides is 8. The molecule has 0 aromatic heterocycles. The summed E-state index contributed by atoms with van der Waals surface area (Å²) in [7, 11) is 0. The van der Waals surface area contributed by atoms with Gasteiger partial charge in [-0.2, -0.15) is 0 Å². The molecular formula is C92H136N8O28. The molecule has 0 saturated heterocycles. The lowest BCUT2D eigenvalue weighted by Gasteiger charge is -2.25. The fourth-order valence-electron chi connectivity index (χ4n) is 13.5. The summed E-state index contributed by atoms with van der Waals surface area (Å²) in [6.07, 6.45) is -2.74. The van der Waals surface area contributed by atoms with Crippen LogP contribution in [0.25, 0.3) is 0 Å². The molecule has 4 aromatic rings. The van der Waals surface area contributed by atoms with E-state index >= 15 is 19.2 Å². The number of rotatable bonds is 52. The van der Waals surface area contributed by atoms with Crippen molar-refractivity contribution in [2.75, 3.05) is 105 Å². The van der Waals surface area contributed by atoms with Crippen LogP contribution in [-0.4, -0.2) is 244 Å². The fraction of sp³-hybridized carbons (Fsp3) is 0.609. The second kappa shape index (κ2) is 53.5. The van der Waals surface area contributed by atoms with Crippen LogP contribution in [0.15, 0.2) is 48.5 Å². The highest BCUT2D eigenvalue weighted by Crippen LogP contribution is 2.42. The second-order valence-electron chi connectivity index (χ2n) is 34.5. The van der Waals surface area contributed by atoms with Crippen molar-refractivity contribution in [1.29, 1.82) is 0 Å². The van der Waals surface area contributed by atoms with Gasteiger partial charge in [-0.3, -0.25) is 19.2 Å². The van der Waals surface area contributed by atoms with Gasteiger partial charge in [0.05, 0.1) is 26.4 Å². The Morgan fingerprint density at radius 3 is 0.602 bits per heavy atom. The van der Waals surface area contributed by atoms with Crippen LogP contribution in [0.3, 0.4) is 0 Å². The van der Waals surface area contributed by atoms with E-state index in [1.165, 1.54) is 48.5 Å². The number of benzene rings is 4. The van der Waals surface area contributed by atoms with Crippen molar-refractivity contribution in [3.8, 4) is 23.0 Å². The smallest absolute Gasteiger partial charge is 0.407 e. The van der Waals surface area contributed by atoms with Gasteiger partial charge in [0, 0.05) is 101 Å². The minimum Gasteiger partial charge on any atom is -0.491 e. The van der Waals surface area contributed by atoms with E-state index in [1.54, 1.807) is 111 Å².